The Morgan fingerprint density at radius 2 is 1.66 bits per heavy atom. The van der Waals surface area contributed by atoms with Crippen LogP contribution in [-0.4, -0.2) is 41.2 Å². The normalized spacial score (nSPS) is 28.4. The number of esters is 1. The number of hydrogen-bond acceptors (Lipinski definition) is 5. The van der Waals surface area contributed by atoms with Crippen molar-refractivity contribution < 1.29 is 23.9 Å². The monoisotopic (exact) mass is 398 g/mol. The zero-order chi connectivity index (χ0) is 20.9. The highest BCUT2D eigenvalue weighted by Crippen LogP contribution is 2.56. The molecule has 0 spiro atoms. The van der Waals surface area contributed by atoms with E-state index in [4.69, 9.17) is 4.74 Å². The van der Waals surface area contributed by atoms with E-state index in [1.165, 1.54) is 6.92 Å². The summed E-state index contributed by atoms with van der Waals surface area (Å²) in [5.41, 5.74) is 2.51. The lowest BCUT2D eigenvalue weighted by molar-refractivity contribution is -0.159. The molecule has 1 heterocycles. The number of carbonyl (C=O) groups is 4. The lowest BCUT2D eigenvalue weighted by Gasteiger charge is -2.23. The van der Waals surface area contributed by atoms with E-state index >= 15 is 0 Å². The summed E-state index contributed by atoms with van der Waals surface area (Å²) in [6, 6.07) is 4.64. The van der Waals surface area contributed by atoms with Crippen LogP contribution in [0.4, 0.5) is 5.69 Å². The van der Waals surface area contributed by atoms with Crippen molar-refractivity contribution in [3.8, 4) is 0 Å². The van der Waals surface area contributed by atoms with Crippen LogP contribution in [0.1, 0.15) is 37.3 Å². The van der Waals surface area contributed by atoms with Crippen molar-refractivity contribution in [1.82, 2.24) is 4.90 Å². The number of aryl methyl sites for hydroxylation is 2. The van der Waals surface area contributed by atoms with Crippen LogP contribution in [0.25, 0.3) is 0 Å². The van der Waals surface area contributed by atoms with E-state index in [1.807, 2.05) is 32.0 Å². The number of para-hydroxylation sites is 1. The van der Waals surface area contributed by atoms with Crippen LogP contribution in [0.5, 0.6) is 0 Å². The second kappa shape index (κ2) is 7.28. The second-order valence-electron chi connectivity index (χ2n) is 8.53. The molecule has 3 aliphatic rings. The largest absolute Gasteiger partial charge is 0.454 e. The number of anilines is 1. The zero-order valence-electron chi connectivity index (χ0n) is 16.9. The number of hydrogen-bond donors (Lipinski definition) is 1. The first-order valence-electron chi connectivity index (χ1n) is 10.2. The summed E-state index contributed by atoms with van der Waals surface area (Å²) in [5, 5.41) is 2.75. The summed E-state index contributed by atoms with van der Waals surface area (Å²) in [5.74, 6) is -1.73. The number of benzene rings is 1. The topological polar surface area (TPSA) is 92.8 Å². The van der Waals surface area contributed by atoms with Crippen LogP contribution in [0.2, 0.25) is 0 Å². The number of imide groups is 1. The summed E-state index contributed by atoms with van der Waals surface area (Å²) in [7, 11) is 0. The predicted molar refractivity (Wildman–Crippen MR) is 105 cm³/mol. The molecule has 2 saturated carbocycles. The Morgan fingerprint density at radius 1 is 1.10 bits per heavy atom. The van der Waals surface area contributed by atoms with Gasteiger partial charge < -0.3 is 10.1 Å². The van der Waals surface area contributed by atoms with Gasteiger partial charge in [-0.25, -0.2) is 4.79 Å². The maximum atomic E-state index is 12.8. The molecule has 2 aliphatic carbocycles. The molecule has 2 bridgehead atoms. The van der Waals surface area contributed by atoms with E-state index in [2.05, 4.69) is 5.32 Å². The van der Waals surface area contributed by atoms with E-state index in [0.29, 0.717) is 5.69 Å². The van der Waals surface area contributed by atoms with E-state index < -0.39 is 24.5 Å². The summed E-state index contributed by atoms with van der Waals surface area (Å²) in [4.78, 5) is 51.4. The molecule has 3 amide bonds. The lowest BCUT2D eigenvalue weighted by Crippen LogP contribution is -2.45. The van der Waals surface area contributed by atoms with Crippen molar-refractivity contribution in [2.24, 2.45) is 23.7 Å². The number of carbonyl (C=O) groups excluding carboxylic acids is 4. The first-order chi connectivity index (χ1) is 13.8. The molecule has 0 unspecified atom stereocenters. The van der Waals surface area contributed by atoms with E-state index in [9.17, 15) is 19.2 Å². The minimum absolute atomic E-state index is 0.253. The Kier molecular flexibility index (Phi) is 4.92. The average Bonchev–Trinajstić information content (AvgIpc) is 3.36. The SMILES string of the molecule is Cc1cccc(C)c1NC(=O)COC(=O)[C@@H](C)N1C(=O)[C@H]2[C@@H]3CC[C@@H](C3)[C@@H]2C1=O. The van der Waals surface area contributed by atoms with Crippen molar-refractivity contribution in [2.45, 2.75) is 46.1 Å². The molecule has 4 rings (SSSR count). The van der Waals surface area contributed by atoms with Crippen LogP contribution in [0.3, 0.4) is 0 Å². The number of ether oxygens (including phenoxy) is 1. The number of nitrogens with one attached hydrogen (secondary N) is 1. The van der Waals surface area contributed by atoms with Gasteiger partial charge in [0.25, 0.3) is 5.91 Å². The standard InChI is InChI=1S/C22H26N2O5/c1-11-5-4-6-12(2)19(11)23-16(25)10-29-22(28)13(3)24-20(26)17-14-7-8-15(9-14)18(17)21(24)27/h4-6,13-15,17-18H,7-10H2,1-3H3,(H,23,25)/t13-,14-,15+,17+,18+/m1/s1. The van der Waals surface area contributed by atoms with Crippen molar-refractivity contribution in [2.75, 3.05) is 11.9 Å². The number of fused-ring (bicyclic) bond motifs is 5. The maximum absolute atomic E-state index is 12.8. The first kappa shape index (κ1) is 19.6. The molecule has 3 fully saturated rings. The Hall–Kier alpha value is -2.70. The molecule has 0 aromatic heterocycles. The lowest BCUT2D eigenvalue weighted by atomic mass is 9.81. The number of likely N-dealkylation sites (tertiary alicyclic amines) is 1. The maximum Gasteiger partial charge on any atom is 0.329 e. The Morgan fingerprint density at radius 3 is 2.21 bits per heavy atom. The van der Waals surface area contributed by atoms with Gasteiger partial charge in [0.1, 0.15) is 6.04 Å². The third-order valence-corrected chi connectivity index (χ3v) is 6.78. The molecule has 1 N–H and O–H groups in total. The number of nitrogens with zero attached hydrogens (tertiary/aromatic N) is 1. The summed E-state index contributed by atoms with van der Waals surface area (Å²) in [6.07, 6.45) is 2.91. The highest BCUT2D eigenvalue weighted by molar-refractivity contribution is 6.08. The molecule has 5 atom stereocenters. The van der Waals surface area contributed by atoms with Crippen molar-refractivity contribution in [3.63, 3.8) is 0 Å². The van der Waals surface area contributed by atoms with Gasteiger partial charge in [-0.05, 0) is 63.0 Å². The molecule has 154 valence electrons. The van der Waals surface area contributed by atoms with Gasteiger partial charge in [-0.2, -0.15) is 0 Å². The predicted octanol–water partition coefficient (Wildman–Crippen LogP) is 2.20. The fourth-order valence-corrected chi connectivity index (χ4v) is 5.36. The van der Waals surface area contributed by atoms with Gasteiger partial charge in [0.05, 0.1) is 11.8 Å². The van der Waals surface area contributed by atoms with Crippen LogP contribution < -0.4 is 5.32 Å². The van der Waals surface area contributed by atoms with Crippen LogP contribution in [-0.2, 0) is 23.9 Å². The average molecular weight is 398 g/mol. The molecule has 1 aromatic rings. The Bertz CT molecular complexity index is 847. The molecule has 7 nitrogen and oxygen atoms in total. The zero-order valence-corrected chi connectivity index (χ0v) is 16.9. The Labute approximate surface area is 169 Å². The fraction of sp³-hybridized carbons (Fsp3) is 0.545. The van der Waals surface area contributed by atoms with Gasteiger partial charge in [0, 0.05) is 5.69 Å². The van der Waals surface area contributed by atoms with Crippen molar-refractivity contribution in [1.29, 1.82) is 0 Å². The minimum atomic E-state index is -1.02. The molecule has 0 radical (unpaired) electrons. The van der Waals surface area contributed by atoms with E-state index in [1.54, 1.807) is 0 Å². The van der Waals surface area contributed by atoms with Gasteiger partial charge in [-0.1, -0.05) is 18.2 Å². The molecule has 1 aliphatic heterocycles. The van der Waals surface area contributed by atoms with Crippen LogP contribution >= 0.6 is 0 Å². The van der Waals surface area contributed by atoms with Crippen molar-refractivity contribution in [3.05, 3.63) is 29.3 Å². The second-order valence-corrected chi connectivity index (χ2v) is 8.53. The van der Waals surface area contributed by atoms with Gasteiger partial charge in [0.15, 0.2) is 6.61 Å². The summed E-state index contributed by atoms with van der Waals surface area (Å²) in [6.45, 7) is 4.78. The van der Waals surface area contributed by atoms with Gasteiger partial charge in [-0.3, -0.25) is 19.3 Å². The Balaban J connectivity index is 1.36. The summed E-state index contributed by atoms with van der Waals surface area (Å²) >= 11 is 0. The van der Waals surface area contributed by atoms with E-state index in [-0.39, 0.29) is 35.5 Å². The molecular weight excluding hydrogens is 372 g/mol. The summed E-state index contributed by atoms with van der Waals surface area (Å²) < 4.78 is 5.12. The quantitative estimate of drug-likeness (QED) is 0.606. The molecule has 29 heavy (non-hydrogen) atoms. The van der Waals surface area contributed by atoms with Crippen molar-refractivity contribution >= 4 is 29.4 Å². The third kappa shape index (κ3) is 3.22. The smallest absolute Gasteiger partial charge is 0.329 e. The number of amides is 3. The molecular formula is C22H26N2O5. The van der Waals surface area contributed by atoms with Gasteiger partial charge in [-0.15, -0.1) is 0 Å². The third-order valence-electron chi connectivity index (χ3n) is 6.78. The van der Waals surface area contributed by atoms with Crippen LogP contribution in [0.15, 0.2) is 18.2 Å². The molecule has 1 aromatic carbocycles. The van der Waals surface area contributed by atoms with Gasteiger partial charge in [0.2, 0.25) is 11.8 Å². The van der Waals surface area contributed by atoms with Gasteiger partial charge >= 0.3 is 5.97 Å². The van der Waals surface area contributed by atoms with Crippen LogP contribution in [0, 0.1) is 37.5 Å². The number of rotatable bonds is 5. The highest BCUT2D eigenvalue weighted by atomic mass is 16.5. The fourth-order valence-electron chi connectivity index (χ4n) is 5.36. The first-order valence-corrected chi connectivity index (χ1v) is 10.2. The molecule has 1 saturated heterocycles. The van der Waals surface area contributed by atoms with E-state index in [0.717, 1.165) is 35.3 Å². The molecule has 7 heteroatoms. The minimum Gasteiger partial charge on any atom is -0.454 e. The highest BCUT2D eigenvalue weighted by Gasteiger charge is 2.62.